The summed E-state index contributed by atoms with van der Waals surface area (Å²) >= 11 is 0. The summed E-state index contributed by atoms with van der Waals surface area (Å²) in [6, 6.07) is 3.17. The maximum atomic E-state index is 4.63. The molecule has 1 aromatic rings. The number of rotatable bonds is 11. The van der Waals surface area contributed by atoms with Crippen LogP contribution in [-0.2, 0) is 6.54 Å². The van der Waals surface area contributed by atoms with Gasteiger partial charge < -0.3 is 10.2 Å². The lowest BCUT2D eigenvalue weighted by atomic mass is 10.1. The molecule has 1 N–H and O–H groups in total. The van der Waals surface area contributed by atoms with Crippen molar-refractivity contribution in [1.29, 1.82) is 0 Å². The van der Waals surface area contributed by atoms with E-state index in [1.54, 1.807) is 0 Å². The second-order valence-corrected chi connectivity index (χ2v) is 6.00. The molecule has 0 saturated heterocycles. The van der Waals surface area contributed by atoms with Crippen molar-refractivity contribution in [3.05, 3.63) is 18.0 Å². The molecule has 0 aliphatic heterocycles. The van der Waals surface area contributed by atoms with E-state index in [1.807, 2.05) is 0 Å². The van der Waals surface area contributed by atoms with Gasteiger partial charge in [-0.3, -0.25) is 4.68 Å². The molecule has 2 unspecified atom stereocenters. The Bertz CT molecular complexity index is 371. The van der Waals surface area contributed by atoms with Crippen LogP contribution in [-0.4, -0.2) is 40.4 Å². The fourth-order valence-electron chi connectivity index (χ4n) is 2.45. The van der Waals surface area contributed by atoms with Crippen molar-refractivity contribution in [1.82, 2.24) is 20.0 Å². The quantitative estimate of drug-likeness (QED) is 0.678. The molecule has 0 aliphatic carbocycles. The zero-order valence-electron chi connectivity index (χ0n) is 14.6. The van der Waals surface area contributed by atoms with Gasteiger partial charge in [0.2, 0.25) is 0 Å². The highest BCUT2D eigenvalue weighted by molar-refractivity contribution is 4.99. The van der Waals surface area contributed by atoms with Crippen molar-refractivity contribution in [3.8, 4) is 0 Å². The first-order valence-electron chi connectivity index (χ1n) is 8.60. The van der Waals surface area contributed by atoms with Crippen molar-refractivity contribution < 1.29 is 0 Å². The second kappa shape index (κ2) is 9.96. The topological polar surface area (TPSA) is 33.1 Å². The van der Waals surface area contributed by atoms with Crippen molar-refractivity contribution >= 4 is 0 Å². The van der Waals surface area contributed by atoms with Gasteiger partial charge in [0.1, 0.15) is 0 Å². The Morgan fingerprint density at radius 3 is 2.57 bits per heavy atom. The summed E-state index contributed by atoms with van der Waals surface area (Å²) in [5, 5.41) is 8.22. The zero-order valence-corrected chi connectivity index (χ0v) is 14.6. The summed E-state index contributed by atoms with van der Waals surface area (Å²) in [6.07, 6.45) is 5.70. The summed E-state index contributed by atoms with van der Waals surface area (Å²) < 4.78 is 2.07. The van der Waals surface area contributed by atoms with E-state index in [0.29, 0.717) is 12.1 Å². The van der Waals surface area contributed by atoms with Crippen LogP contribution in [0.1, 0.15) is 65.6 Å². The molecule has 0 aromatic carbocycles. The van der Waals surface area contributed by atoms with Gasteiger partial charge in [0, 0.05) is 24.8 Å². The van der Waals surface area contributed by atoms with E-state index in [4.69, 9.17) is 0 Å². The number of aromatic nitrogens is 2. The van der Waals surface area contributed by atoms with Gasteiger partial charge in [-0.05, 0) is 58.8 Å². The van der Waals surface area contributed by atoms with E-state index in [1.165, 1.54) is 19.4 Å². The molecule has 4 heteroatoms. The maximum absolute atomic E-state index is 4.63. The zero-order chi connectivity index (χ0) is 15.7. The highest BCUT2D eigenvalue weighted by Crippen LogP contribution is 2.09. The molecule has 1 heterocycles. The van der Waals surface area contributed by atoms with Crippen LogP contribution in [0, 0.1) is 0 Å². The lowest BCUT2D eigenvalue weighted by Crippen LogP contribution is -2.29. The highest BCUT2D eigenvalue weighted by Gasteiger charge is 2.07. The van der Waals surface area contributed by atoms with Gasteiger partial charge in [-0.2, -0.15) is 5.10 Å². The maximum Gasteiger partial charge on any atom is 0.0762 e. The van der Waals surface area contributed by atoms with E-state index in [9.17, 15) is 0 Å². The predicted molar refractivity (Wildman–Crippen MR) is 90.6 cm³/mol. The molecule has 0 bridgehead atoms. The van der Waals surface area contributed by atoms with Gasteiger partial charge in [0.25, 0.3) is 0 Å². The molecule has 1 rings (SSSR count). The van der Waals surface area contributed by atoms with E-state index in [2.05, 4.69) is 66.9 Å². The molecule has 0 aliphatic rings. The Balaban J connectivity index is 2.23. The standard InChI is InChI=1S/C17H34N4/c1-6-16(5)21-13-11-17(19-21)14-18-15(4)10-9-12-20(7-2)8-3/h11,13,15-16,18H,6-10,12,14H2,1-5H3. The van der Waals surface area contributed by atoms with Crippen molar-refractivity contribution in [2.75, 3.05) is 19.6 Å². The fourth-order valence-corrected chi connectivity index (χ4v) is 2.45. The monoisotopic (exact) mass is 294 g/mol. The minimum absolute atomic E-state index is 0.491. The minimum atomic E-state index is 0.491. The number of hydrogen-bond acceptors (Lipinski definition) is 3. The van der Waals surface area contributed by atoms with Crippen LogP contribution in [0.4, 0.5) is 0 Å². The Kier molecular flexibility index (Phi) is 8.62. The first-order valence-corrected chi connectivity index (χ1v) is 8.60. The van der Waals surface area contributed by atoms with Crippen LogP contribution in [0.25, 0.3) is 0 Å². The molecule has 122 valence electrons. The first kappa shape index (κ1) is 18.2. The predicted octanol–water partition coefficient (Wildman–Crippen LogP) is 3.45. The van der Waals surface area contributed by atoms with Gasteiger partial charge in [0.15, 0.2) is 0 Å². The van der Waals surface area contributed by atoms with Crippen LogP contribution in [0.5, 0.6) is 0 Å². The van der Waals surface area contributed by atoms with Crippen LogP contribution in [0.2, 0.25) is 0 Å². The van der Waals surface area contributed by atoms with Gasteiger partial charge in [-0.15, -0.1) is 0 Å². The average Bonchev–Trinajstić information content (AvgIpc) is 2.97. The Labute approximate surface area is 130 Å². The van der Waals surface area contributed by atoms with Crippen LogP contribution in [0.3, 0.4) is 0 Å². The largest absolute Gasteiger partial charge is 0.309 e. The molecule has 0 amide bonds. The van der Waals surface area contributed by atoms with Gasteiger partial charge in [0.05, 0.1) is 5.69 Å². The third kappa shape index (κ3) is 6.62. The summed E-state index contributed by atoms with van der Waals surface area (Å²) in [6.45, 7) is 15.5. The summed E-state index contributed by atoms with van der Waals surface area (Å²) in [4.78, 5) is 2.49. The Morgan fingerprint density at radius 1 is 1.24 bits per heavy atom. The van der Waals surface area contributed by atoms with Crippen molar-refractivity contribution in [3.63, 3.8) is 0 Å². The van der Waals surface area contributed by atoms with Crippen LogP contribution < -0.4 is 5.32 Å². The highest BCUT2D eigenvalue weighted by atomic mass is 15.3. The SMILES string of the molecule is CCC(C)n1ccc(CNC(C)CCCN(CC)CC)n1. The molecule has 0 radical (unpaired) electrons. The first-order chi connectivity index (χ1) is 10.1. The van der Waals surface area contributed by atoms with E-state index in [-0.39, 0.29) is 0 Å². The normalized spacial score (nSPS) is 14.6. The smallest absolute Gasteiger partial charge is 0.0762 e. The third-order valence-corrected chi connectivity index (χ3v) is 4.34. The summed E-state index contributed by atoms with van der Waals surface area (Å²) in [7, 11) is 0. The van der Waals surface area contributed by atoms with E-state index in [0.717, 1.165) is 31.7 Å². The molecule has 21 heavy (non-hydrogen) atoms. The molecule has 0 saturated carbocycles. The second-order valence-electron chi connectivity index (χ2n) is 6.00. The summed E-state index contributed by atoms with van der Waals surface area (Å²) in [5.74, 6) is 0. The number of nitrogens with zero attached hydrogens (tertiary/aromatic N) is 3. The lowest BCUT2D eigenvalue weighted by Gasteiger charge is -2.19. The average molecular weight is 294 g/mol. The lowest BCUT2D eigenvalue weighted by molar-refractivity contribution is 0.290. The minimum Gasteiger partial charge on any atom is -0.309 e. The van der Waals surface area contributed by atoms with E-state index < -0.39 is 0 Å². The van der Waals surface area contributed by atoms with Gasteiger partial charge in [-0.1, -0.05) is 20.8 Å². The Morgan fingerprint density at radius 2 is 1.95 bits per heavy atom. The molecule has 1 aromatic heterocycles. The fraction of sp³-hybridized carbons (Fsp3) is 0.824. The number of hydrogen-bond donors (Lipinski definition) is 1. The number of nitrogens with one attached hydrogen (secondary N) is 1. The summed E-state index contributed by atoms with van der Waals surface area (Å²) in [5.41, 5.74) is 1.14. The van der Waals surface area contributed by atoms with Crippen molar-refractivity contribution in [2.24, 2.45) is 0 Å². The van der Waals surface area contributed by atoms with Crippen LogP contribution >= 0.6 is 0 Å². The molecular formula is C17H34N4. The van der Waals surface area contributed by atoms with Crippen LogP contribution in [0.15, 0.2) is 12.3 Å². The Hall–Kier alpha value is -0.870. The molecule has 4 nitrogen and oxygen atoms in total. The molecular weight excluding hydrogens is 260 g/mol. The van der Waals surface area contributed by atoms with Gasteiger partial charge in [-0.25, -0.2) is 0 Å². The van der Waals surface area contributed by atoms with Crippen molar-refractivity contribution in [2.45, 2.75) is 72.5 Å². The van der Waals surface area contributed by atoms with Gasteiger partial charge >= 0.3 is 0 Å². The molecule has 0 spiro atoms. The molecule has 0 fully saturated rings. The third-order valence-electron chi connectivity index (χ3n) is 4.34. The van der Waals surface area contributed by atoms with E-state index >= 15 is 0 Å². The molecule has 2 atom stereocenters.